The van der Waals surface area contributed by atoms with Gasteiger partial charge in [0.05, 0.1) is 16.5 Å². The summed E-state index contributed by atoms with van der Waals surface area (Å²) in [6, 6.07) is 13.0. The van der Waals surface area contributed by atoms with E-state index in [4.69, 9.17) is 9.88 Å². The molecule has 0 saturated carbocycles. The number of hydrogen-bond acceptors (Lipinski definition) is 5. The van der Waals surface area contributed by atoms with Crippen molar-refractivity contribution in [3.63, 3.8) is 0 Å². The number of rotatable bonds is 5. The van der Waals surface area contributed by atoms with Gasteiger partial charge in [0.1, 0.15) is 0 Å². The molecule has 1 atom stereocenters. The number of carbonyl (C=O) groups is 2. The number of fused-ring (bicyclic) bond motifs is 1. The number of amides is 1. The highest BCUT2D eigenvalue weighted by Crippen LogP contribution is 2.29. The number of primary sulfonamides is 1. The van der Waals surface area contributed by atoms with Crippen LogP contribution >= 0.6 is 0 Å². The van der Waals surface area contributed by atoms with E-state index in [1.807, 2.05) is 24.3 Å². The Hall–Kier alpha value is -2.71. The summed E-state index contributed by atoms with van der Waals surface area (Å²) in [6.45, 7) is -0.447. The lowest BCUT2D eigenvalue weighted by Gasteiger charge is -2.26. The molecule has 0 heterocycles. The lowest BCUT2D eigenvalue weighted by Crippen LogP contribution is -2.34. The highest BCUT2D eigenvalue weighted by molar-refractivity contribution is 7.89. The fraction of sp³-hybridized carbons (Fsp3) is 0.263. The standard InChI is InChI=1S/C19H20N2O5S/c20-27(24,25)15-8-3-7-14(11-15)19(23)26-12-18(22)21-17-10-4-6-13-5-1-2-9-16(13)17/h1-3,5,7-9,11,17H,4,6,10,12H2,(H,21,22)(H2,20,24,25)/t17-/m0/s1. The van der Waals surface area contributed by atoms with E-state index in [9.17, 15) is 18.0 Å². The van der Waals surface area contributed by atoms with Crippen LogP contribution < -0.4 is 10.5 Å². The minimum Gasteiger partial charge on any atom is -0.452 e. The smallest absolute Gasteiger partial charge is 0.338 e. The zero-order valence-electron chi connectivity index (χ0n) is 14.6. The number of nitrogens with two attached hydrogens (primary N) is 1. The van der Waals surface area contributed by atoms with Crippen molar-refractivity contribution < 1.29 is 22.7 Å². The molecule has 8 heteroatoms. The number of benzene rings is 2. The summed E-state index contributed by atoms with van der Waals surface area (Å²) in [5, 5.41) is 7.93. The van der Waals surface area contributed by atoms with Crippen molar-refractivity contribution in [3.8, 4) is 0 Å². The Morgan fingerprint density at radius 2 is 1.93 bits per heavy atom. The Morgan fingerprint density at radius 3 is 2.70 bits per heavy atom. The number of sulfonamides is 1. The molecule has 7 nitrogen and oxygen atoms in total. The van der Waals surface area contributed by atoms with Crippen molar-refractivity contribution in [1.29, 1.82) is 0 Å². The van der Waals surface area contributed by atoms with Crippen LogP contribution in [0.15, 0.2) is 53.4 Å². The molecule has 0 bridgehead atoms. The average molecular weight is 388 g/mol. The molecule has 2 aromatic rings. The summed E-state index contributed by atoms with van der Waals surface area (Å²) in [6.07, 6.45) is 2.78. The zero-order chi connectivity index (χ0) is 19.4. The van der Waals surface area contributed by atoms with Crippen LogP contribution in [0.3, 0.4) is 0 Å². The number of aryl methyl sites for hydroxylation is 1. The van der Waals surface area contributed by atoms with E-state index in [-0.39, 0.29) is 16.5 Å². The van der Waals surface area contributed by atoms with Crippen molar-refractivity contribution in [1.82, 2.24) is 5.32 Å². The van der Waals surface area contributed by atoms with Gasteiger partial charge in [0, 0.05) is 0 Å². The van der Waals surface area contributed by atoms with Gasteiger partial charge in [0.2, 0.25) is 10.0 Å². The van der Waals surface area contributed by atoms with Gasteiger partial charge in [-0.05, 0) is 48.6 Å². The molecule has 1 amide bonds. The molecule has 0 spiro atoms. The van der Waals surface area contributed by atoms with Gasteiger partial charge in [-0.2, -0.15) is 0 Å². The fourth-order valence-corrected chi connectivity index (χ4v) is 3.71. The summed E-state index contributed by atoms with van der Waals surface area (Å²) >= 11 is 0. The monoisotopic (exact) mass is 388 g/mol. The van der Waals surface area contributed by atoms with Gasteiger partial charge >= 0.3 is 5.97 Å². The van der Waals surface area contributed by atoms with Crippen molar-refractivity contribution >= 4 is 21.9 Å². The summed E-state index contributed by atoms with van der Waals surface area (Å²) in [5.74, 6) is -1.20. The molecule has 1 aliphatic rings. The first-order valence-electron chi connectivity index (χ1n) is 8.52. The van der Waals surface area contributed by atoms with E-state index in [2.05, 4.69) is 5.32 Å². The van der Waals surface area contributed by atoms with Gasteiger partial charge in [-0.1, -0.05) is 30.3 Å². The third kappa shape index (κ3) is 4.72. The molecule has 142 valence electrons. The lowest BCUT2D eigenvalue weighted by molar-refractivity contribution is -0.125. The van der Waals surface area contributed by atoms with E-state index in [1.54, 1.807) is 0 Å². The van der Waals surface area contributed by atoms with Gasteiger partial charge in [0.25, 0.3) is 5.91 Å². The molecule has 0 radical (unpaired) electrons. The zero-order valence-corrected chi connectivity index (χ0v) is 15.4. The van der Waals surface area contributed by atoms with Gasteiger partial charge in [0.15, 0.2) is 6.61 Å². The molecule has 0 aliphatic heterocycles. The lowest BCUT2D eigenvalue weighted by atomic mass is 9.88. The Kier molecular flexibility index (Phi) is 5.57. The topological polar surface area (TPSA) is 116 Å². The molecule has 0 aromatic heterocycles. The van der Waals surface area contributed by atoms with Crippen molar-refractivity contribution in [2.75, 3.05) is 6.61 Å². The van der Waals surface area contributed by atoms with Crippen LogP contribution in [0.2, 0.25) is 0 Å². The van der Waals surface area contributed by atoms with E-state index in [0.29, 0.717) is 0 Å². The first-order chi connectivity index (χ1) is 12.8. The summed E-state index contributed by atoms with van der Waals surface area (Å²) < 4.78 is 27.7. The second kappa shape index (κ2) is 7.89. The molecule has 3 rings (SSSR count). The van der Waals surface area contributed by atoms with Crippen LogP contribution in [0.4, 0.5) is 0 Å². The summed E-state index contributed by atoms with van der Waals surface area (Å²) in [7, 11) is -3.92. The Bertz CT molecular complexity index is 972. The molecular weight excluding hydrogens is 368 g/mol. The third-order valence-corrected chi connectivity index (χ3v) is 5.35. The number of ether oxygens (including phenoxy) is 1. The number of esters is 1. The number of nitrogens with one attached hydrogen (secondary N) is 1. The van der Waals surface area contributed by atoms with E-state index in [0.717, 1.165) is 30.9 Å². The molecule has 0 unspecified atom stereocenters. The Balaban J connectivity index is 1.59. The van der Waals surface area contributed by atoms with Crippen molar-refractivity contribution in [2.24, 2.45) is 5.14 Å². The van der Waals surface area contributed by atoms with E-state index >= 15 is 0 Å². The molecule has 0 fully saturated rings. The predicted octanol–water partition coefficient (Wildman–Crippen LogP) is 1.68. The highest BCUT2D eigenvalue weighted by Gasteiger charge is 2.22. The van der Waals surface area contributed by atoms with Gasteiger partial charge < -0.3 is 10.1 Å². The maximum Gasteiger partial charge on any atom is 0.338 e. The number of hydrogen-bond donors (Lipinski definition) is 2. The molecular formula is C19H20N2O5S. The van der Waals surface area contributed by atoms with Crippen molar-refractivity contribution in [3.05, 3.63) is 65.2 Å². The van der Waals surface area contributed by atoms with Gasteiger partial charge in [-0.15, -0.1) is 0 Å². The van der Waals surface area contributed by atoms with Crippen LogP contribution in [0.5, 0.6) is 0 Å². The van der Waals surface area contributed by atoms with Crippen LogP contribution in [0.1, 0.15) is 40.4 Å². The van der Waals surface area contributed by atoms with Crippen LogP contribution in [-0.2, 0) is 26.0 Å². The normalized spacial score (nSPS) is 16.3. The SMILES string of the molecule is NS(=O)(=O)c1cccc(C(=O)OCC(=O)N[C@H]2CCCc3ccccc32)c1. The molecule has 27 heavy (non-hydrogen) atoms. The Morgan fingerprint density at radius 1 is 1.15 bits per heavy atom. The fourth-order valence-electron chi connectivity index (χ4n) is 3.15. The largest absolute Gasteiger partial charge is 0.452 e. The molecule has 0 saturated heterocycles. The van der Waals surface area contributed by atoms with E-state index in [1.165, 1.54) is 23.8 Å². The summed E-state index contributed by atoms with van der Waals surface area (Å²) in [5.41, 5.74) is 2.31. The molecule has 3 N–H and O–H groups in total. The summed E-state index contributed by atoms with van der Waals surface area (Å²) in [4.78, 5) is 24.1. The van der Waals surface area contributed by atoms with Crippen LogP contribution in [0, 0.1) is 0 Å². The van der Waals surface area contributed by atoms with Crippen LogP contribution in [0.25, 0.3) is 0 Å². The quantitative estimate of drug-likeness (QED) is 0.756. The highest BCUT2D eigenvalue weighted by atomic mass is 32.2. The van der Waals surface area contributed by atoms with E-state index < -0.39 is 28.5 Å². The van der Waals surface area contributed by atoms with Gasteiger partial charge in [-0.3, -0.25) is 4.79 Å². The third-order valence-electron chi connectivity index (χ3n) is 4.44. The van der Waals surface area contributed by atoms with Gasteiger partial charge in [-0.25, -0.2) is 18.4 Å². The second-order valence-corrected chi connectivity index (χ2v) is 7.92. The molecule has 1 aliphatic carbocycles. The first-order valence-corrected chi connectivity index (χ1v) is 10.1. The second-order valence-electron chi connectivity index (χ2n) is 6.36. The Labute approximate surface area is 157 Å². The van der Waals surface area contributed by atoms with Crippen molar-refractivity contribution in [2.45, 2.75) is 30.2 Å². The molecule has 2 aromatic carbocycles. The predicted molar refractivity (Wildman–Crippen MR) is 98.4 cm³/mol. The number of carbonyl (C=O) groups excluding carboxylic acids is 2. The average Bonchev–Trinajstić information content (AvgIpc) is 2.66. The maximum absolute atomic E-state index is 12.2. The van der Waals surface area contributed by atoms with Crippen LogP contribution in [-0.4, -0.2) is 26.9 Å². The maximum atomic E-state index is 12.2. The minimum absolute atomic E-state index is 0.0114. The first kappa shape index (κ1) is 19.1. The minimum atomic E-state index is -3.92.